The molecule has 1 fully saturated rings. The van der Waals surface area contributed by atoms with Gasteiger partial charge in [-0.1, -0.05) is 27.7 Å². The molecule has 1 rings (SSSR count). The number of hydrogen-bond acceptors (Lipinski definition) is 3. The van der Waals surface area contributed by atoms with Crippen molar-refractivity contribution in [3.05, 3.63) is 0 Å². The predicted octanol–water partition coefficient (Wildman–Crippen LogP) is 2.76. The summed E-state index contributed by atoms with van der Waals surface area (Å²) in [5.74, 6) is 0.446. The monoisotopic (exact) mass is 242 g/mol. The highest BCUT2D eigenvalue weighted by Crippen LogP contribution is 2.42. The zero-order valence-corrected chi connectivity index (χ0v) is 11.7. The van der Waals surface area contributed by atoms with E-state index in [1.807, 2.05) is 0 Å². The van der Waals surface area contributed by atoms with Gasteiger partial charge in [-0.25, -0.2) is 4.79 Å². The molecule has 0 radical (unpaired) electrons. The highest BCUT2D eigenvalue weighted by atomic mass is 16.6. The maximum Gasteiger partial charge on any atom is 0.334 e. The van der Waals surface area contributed by atoms with E-state index < -0.39 is 12.1 Å². The molecular formula is C14H26O3. The standard InChI is InChI=1S/C14H26O3/c1-9(2)11-6-7-14(4,5)8-12(11)17-13(16)10(3)15/h9-12,15H,6-8H2,1-5H3/t10?,11-,12+/m0/s1. The van der Waals surface area contributed by atoms with E-state index in [0.717, 1.165) is 12.8 Å². The number of carbonyl (C=O) groups is 1. The molecule has 1 N–H and O–H groups in total. The number of esters is 1. The molecule has 0 aromatic carbocycles. The van der Waals surface area contributed by atoms with Crippen molar-refractivity contribution in [3.8, 4) is 0 Å². The van der Waals surface area contributed by atoms with Gasteiger partial charge in [-0.3, -0.25) is 0 Å². The summed E-state index contributed by atoms with van der Waals surface area (Å²) in [6.45, 7) is 10.2. The lowest BCUT2D eigenvalue weighted by atomic mass is 9.68. The fourth-order valence-electron chi connectivity index (χ4n) is 2.68. The number of aliphatic hydroxyl groups excluding tert-OH is 1. The Labute approximate surface area is 105 Å². The maximum atomic E-state index is 11.5. The molecule has 0 heterocycles. The van der Waals surface area contributed by atoms with Gasteiger partial charge in [-0.2, -0.15) is 0 Å². The summed E-state index contributed by atoms with van der Waals surface area (Å²) in [6.07, 6.45) is 2.11. The smallest absolute Gasteiger partial charge is 0.334 e. The van der Waals surface area contributed by atoms with E-state index in [2.05, 4.69) is 27.7 Å². The van der Waals surface area contributed by atoms with E-state index in [4.69, 9.17) is 4.74 Å². The summed E-state index contributed by atoms with van der Waals surface area (Å²) < 4.78 is 5.47. The van der Waals surface area contributed by atoms with E-state index in [-0.39, 0.29) is 11.5 Å². The van der Waals surface area contributed by atoms with Gasteiger partial charge < -0.3 is 9.84 Å². The Morgan fingerprint density at radius 3 is 2.41 bits per heavy atom. The molecule has 0 saturated heterocycles. The highest BCUT2D eigenvalue weighted by Gasteiger charge is 2.38. The summed E-state index contributed by atoms with van der Waals surface area (Å²) >= 11 is 0. The number of hydrogen-bond donors (Lipinski definition) is 1. The Hall–Kier alpha value is -0.570. The van der Waals surface area contributed by atoms with Crippen molar-refractivity contribution in [2.75, 3.05) is 0 Å². The van der Waals surface area contributed by atoms with Crippen LogP contribution in [0.5, 0.6) is 0 Å². The fraction of sp³-hybridized carbons (Fsp3) is 0.929. The number of ether oxygens (including phenoxy) is 1. The van der Waals surface area contributed by atoms with Crippen molar-refractivity contribution >= 4 is 5.97 Å². The van der Waals surface area contributed by atoms with E-state index in [0.29, 0.717) is 11.8 Å². The zero-order valence-electron chi connectivity index (χ0n) is 11.7. The first kappa shape index (κ1) is 14.5. The van der Waals surface area contributed by atoms with Gasteiger partial charge in [0.2, 0.25) is 0 Å². The largest absolute Gasteiger partial charge is 0.460 e. The molecule has 3 heteroatoms. The molecule has 1 saturated carbocycles. The van der Waals surface area contributed by atoms with Crippen LogP contribution in [0.15, 0.2) is 0 Å². The number of carbonyl (C=O) groups excluding carboxylic acids is 1. The summed E-state index contributed by atoms with van der Waals surface area (Å²) in [6, 6.07) is 0. The molecule has 1 unspecified atom stereocenters. The van der Waals surface area contributed by atoms with Crippen LogP contribution in [0.2, 0.25) is 0 Å². The first-order chi connectivity index (χ1) is 7.73. The minimum atomic E-state index is -1.02. The van der Waals surface area contributed by atoms with Crippen molar-refractivity contribution < 1.29 is 14.6 Å². The summed E-state index contributed by atoms with van der Waals surface area (Å²) in [4.78, 5) is 11.5. The van der Waals surface area contributed by atoms with Crippen molar-refractivity contribution in [2.45, 2.75) is 66.1 Å². The molecule has 17 heavy (non-hydrogen) atoms. The quantitative estimate of drug-likeness (QED) is 0.774. The van der Waals surface area contributed by atoms with Gasteiger partial charge in [0.1, 0.15) is 12.2 Å². The zero-order chi connectivity index (χ0) is 13.2. The lowest BCUT2D eigenvalue weighted by Gasteiger charge is -2.42. The minimum Gasteiger partial charge on any atom is -0.460 e. The third-order valence-corrected chi connectivity index (χ3v) is 3.85. The first-order valence-electron chi connectivity index (χ1n) is 6.61. The van der Waals surface area contributed by atoms with Crippen LogP contribution >= 0.6 is 0 Å². The number of aliphatic hydroxyl groups is 1. The van der Waals surface area contributed by atoms with E-state index in [1.165, 1.54) is 13.3 Å². The Morgan fingerprint density at radius 1 is 1.35 bits per heavy atom. The van der Waals surface area contributed by atoms with Crippen LogP contribution in [0, 0.1) is 17.3 Å². The van der Waals surface area contributed by atoms with Crippen molar-refractivity contribution in [1.29, 1.82) is 0 Å². The molecule has 0 aliphatic heterocycles. The van der Waals surface area contributed by atoms with Gasteiger partial charge in [0.05, 0.1) is 0 Å². The van der Waals surface area contributed by atoms with Crippen molar-refractivity contribution in [2.24, 2.45) is 17.3 Å². The average Bonchev–Trinajstić information content (AvgIpc) is 2.15. The minimum absolute atomic E-state index is 0.0409. The van der Waals surface area contributed by atoms with E-state index >= 15 is 0 Å². The first-order valence-corrected chi connectivity index (χ1v) is 6.61. The van der Waals surface area contributed by atoms with Crippen LogP contribution in [0.3, 0.4) is 0 Å². The molecule has 0 aromatic heterocycles. The summed E-state index contributed by atoms with van der Waals surface area (Å²) in [7, 11) is 0. The predicted molar refractivity (Wildman–Crippen MR) is 67.5 cm³/mol. The maximum absolute atomic E-state index is 11.5. The average molecular weight is 242 g/mol. The van der Waals surface area contributed by atoms with Crippen molar-refractivity contribution in [1.82, 2.24) is 0 Å². The highest BCUT2D eigenvalue weighted by molar-refractivity contribution is 5.74. The Morgan fingerprint density at radius 2 is 1.94 bits per heavy atom. The molecule has 0 aromatic rings. The molecule has 1 aliphatic rings. The second kappa shape index (κ2) is 5.38. The summed E-state index contributed by atoms with van der Waals surface area (Å²) in [5, 5.41) is 9.23. The van der Waals surface area contributed by atoms with Gasteiger partial charge >= 0.3 is 5.97 Å². The third kappa shape index (κ3) is 3.98. The normalized spacial score (nSPS) is 30.1. The summed E-state index contributed by atoms with van der Waals surface area (Å²) in [5.41, 5.74) is 0.231. The van der Waals surface area contributed by atoms with Gasteiger partial charge in [0, 0.05) is 0 Å². The fourth-order valence-corrected chi connectivity index (χ4v) is 2.68. The third-order valence-electron chi connectivity index (χ3n) is 3.85. The van der Waals surface area contributed by atoms with Gasteiger partial charge in [0.15, 0.2) is 0 Å². The van der Waals surface area contributed by atoms with E-state index in [9.17, 15) is 9.90 Å². The van der Waals surface area contributed by atoms with Crippen LogP contribution in [0.1, 0.15) is 53.9 Å². The molecule has 0 bridgehead atoms. The van der Waals surface area contributed by atoms with Crippen LogP contribution in [0.4, 0.5) is 0 Å². The van der Waals surface area contributed by atoms with Gasteiger partial charge in [-0.15, -0.1) is 0 Å². The molecule has 0 amide bonds. The van der Waals surface area contributed by atoms with Crippen LogP contribution in [-0.2, 0) is 9.53 Å². The molecular weight excluding hydrogens is 216 g/mol. The van der Waals surface area contributed by atoms with Crippen LogP contribution in [-0.4, -0.2) is 23.3 Å². The molecule has 100 valence electrons. The second-order valence-corrected chi connectivity index (χ2v) is 6.47. The number of rotatable bonds is 3. The Bertz CT molecular complexity index is 269. The molecule has 1 aliphatic carbocycles. The Kier molecular flexibility index (Phi) is 4.59. The van der Waals surface area contributed by atoms with Crippen LogP contribution < -0.4 is 0 Å². The lowest BCUT2D eigenvalue weighted by Crippen LogP contribution is -2.40. The van der Waals surface area contributed by atoms with Gasteiger partial charge in [-0.05, 0) is 43.4 Å². The second-order valence-electron chi connectivity index (χ2n) is 6.47. The van der Waals surface area contributed by atoms with Crippen molar-refractivity contribution in [3.63, 3.8) is 0 Å². The molecule has 3 nitrogen and oxygen atoms in total. The SMILES string of the molecule is CC(O)C(=O)O[C@@H]1CC(C)(C)CC[C@H]1C(C)C. The lowest BCUT2D eigenvalue weighted by molar-refractivity contribution is -0.166. The topological polar surface area (TPSA) is 46.5 Å². The van der Waals surface area contributed by atoms with E-state index in [1.54, 1.807) is 0 Å². The molecule has 3 atom stereocenters. The van der Waals surface area contributed by atoms with Gasteiger partial charge in [0.25, 0.3) is 0 Å². The Balaban J connectivity index is 2.71. The van der Waals surface area contributed by atoms with Crippen LogP contribution in [0.25, 0.3) is 0 Å². The molecule has 0 spiro atoms.